The lowest BCUT2D eigenvalue weighted by Gasteiger charge is -2.35. The first-order valence-corrected chi connectivity index (χ1v) is 9.89. The SMILES string of the molecule is CC1(C)CC(c2ccc3c(c2)cc(C(=O)O)n3C2(c3noc(=O)[nH]3)CC2)CCO1. The van der Waals surface area contributed by atoms with Gasteiger partial charge in [0.25, 0.3) is 0 Å². The molecule has 0 amide bonds. The van der Waals surface area contributed by atoms with E-state index < -0.39 is 17.3 Å². The summed E-state index contributed by atoms with van der Waals surface area (Å²) in [6, 6.07) is 7.87. The number of hydrogen-bond acceptors (Lipinski definition) is 5. The summed E-state index contributed by atoms with van der Waals surface area (Å²) >= 11 is 0. The van der Waals surface area contributed by atoms with Crippen LogP contribution in [0.15, 0.2) is 33.6 Å². The van der Waals surface area contributed by atoms with E-state index in [9.17, 15) is 14.7 Å². The molecule has 1 atom stereocenters. The molecule has 8 nitrogen and oxygen atoms in total. The van der Waals surface area contributed by atoms with Crippen molar-refractivity contribution < 1.29 is 19.2 Å². The second-order valence-electron chi connectivity index (χ2n) is 8.76. The molecule has 2 N–H and O–H groups in total. The van der Waals surface area contributed by atoms with Crippen molar-refractivity contribution >= 4 is 16.9 Å². The molecule has 1 aliphatic heterocycles. The Morgan fingerprint density at radius 3 is 2.72 bits per heavy atom. The number of nitrogens with zero attached hydrogens (tertiary/aromatic N) is 2. The molecule has 1 unspecified atom stereocenters. The lowest BCUT2D eigenvalue weighted by molar-refractivity contribution is -0.0592. The minimum absolute atomic E-state index is 0.160. The molecular weight excluding hydrogens is 374 g/mol. The van der Waals surface area contributed by atoms with Gasteiger partial charge in [-0.05, 0) is 69.2 Å². The molecule has 8 heteroatoms. The maximum atomic E-state index is 12.0. The third-order valence-electron chi connectivity index (χ3n) is 6.25. The number of hydrogen-bond donors (Lipinski definition) is 2. The quantitative estimate of drug-likeness (QED) is 0.699. The van der Waals surface area contributed by atoms with Crippen LogP contribution < -0.4 is 5.76 Å². The van der Waals surface area contributed by atoms with E-state index in [0.29, 0.717) is 24.6 Å². The van der Waals surface area contributed by atoms with Crippen LogP contribution >= 0.6 is 0 Å². The summed E-state index contributed by atoms with van der Waals surface area (Å²) in [6.07, 6.45) is 3.26. The Morgan fingerprint density at radius 1 is 1.31 bits per heavy atom. The Morgan fingerprint density at radius 2 is 2.10 bits per heavy atom. The summed E-state index contributed by atoms with van der Waals surface area (Å²) in [6.45, 7) is 4.93. The average Bonchev–Trinajstić information content (AvgIpc) is 3.17. The van der Waals surface area contributed by atoms with Crippen molar-refractivity contribution in [3.63, 3.8) is 0 Å². The van der Waals surface area contributed by atoms with Crippen molar-refractivity contribution in [1.82, 2.24) is 14.7 Å². The number of carboxylic acids is 1. The monoisotopic (exact) mass is 397 g/mol. The van der Waals surface area contributed by atoms with Gasteiger partial charge in [0.05, 0.1) is 5.60 Å². The highest BCUT2D eigenvalue weighted by atomic mass is 16.5. The number of fused-ring (bicyclic) bond motifs is 1. The predicted molar refractivity (Wildman–Crippen MR) is 104 cm³/mol. The van der Waals surface area contributed by atoms with Gasteiger partial charge in [0.1, 0.15) is 11.2 Å². The van der Waals surface area contributed by atoms with E-state index in [1.807, 2.05) is 6.07 Å². The lowest BCUT2D eigenvalue weighted by Crippen LogP contribution is -2.32. The van der Waals surface area contributed by atoms with Crippen LogP contribution in [-0.2, 0) is 10.3 Å². The minimum Gasteiger partial charge on any atom is -0.477 e. The summed E-state index contributed by atoms with van der Waals surface area (Å²) in [5.41, 5.74) is 1.36. The number of carboxylic acid groups (broad SMARTS) is 1. The van der Waals surface area contributed by atoms with Crippen LogP contribution in [0, 0.1) is 0 Å². The molecule has 1 saturated carbocycles. The number of H-pyrrole nitrogens is 1. The summed E-state index contributed by atoms with van der Waals surface area (Å²) < 4.78 is 12.3. The van der Waals surface area contributed by atoms with Gasteiger partial charge in [0.2, 0.25) is 0 Å². The van der Waals surface area contributed by atoms with Gasteiger partial charge in [-0.2, -0.15) is 0 Å². The predicted octanol–water partition coefficient (Wildman–Crippen LogP) is 3.23. The molecule has 1 aromatic carbocycles. The molecule has 2 fully saturated rings. The standard InChI is InChI=1S/C21H23N3O5/c1-20(2)11-13(5-8-28-20)12-3-4-15-14(9-12)10-16(17(25)26)24(15)21(6-7-21)18-22-19(27)29-23-18/h3-4,9-10,13H,5-8,11H2,1-2H3,(H,25,26)(H,22,23,27). The number of ether oxygens (including phenoxy) is 1. The number of rotatable bonds is 4. The highest BCUT2D eigenvalue weighted by Gasteiger charge is 2.52. The fourth-order valence-corrected chi connectivity index (χ4v) is 4.74. The van der Waals surface area contributed by atoms with Crippen molar-refractivity contribution in [3.05, 3.63) is 51.9 Å². The smallest absolute Gasteiger partial charge is 0.438 e. The summed E-state index contributed by atoms with van der Waals surface area (Å²) in [4.78, 5) is 26.1. The lowest BCUT2D eigenvalue weighted by atomic mass is 9.83. The highest BCUT2D eigenvalue weighted by Crippen LogP contribution is 2.50. The zero-order valence-electron chi connectivity index (χ0n) is 16.4. The molecule has 1 aliphatic carbocycles. The largest absolute Gasteiger partial charge is 0.477 e. The van der Waals surface area contributed by atoms with E-state index in [1.165, 1.54) is 5.56 Å². The van der Waals surface area contributed by atoms with Crippen molar-refractivity contribution in [2.45, 2.75) is 56.6 Å². The zero-order valence-corrected chi connectivity index (χ0v) is 16.4. The minimum atomic E-state index is -1.01. The van der Waals surface area contributed by atoms with Crippen LogP contribution in [0.1, 0.15) is 67.3 Å². The number of aromatic nitrogens is 3. The van der Waals surface area contributed by atoms with Crippen LogP contribution in [0.2, 0.25) is 0 Å². The molecular formula is C21H23N3O5. The molecule has 2 aromatic heterocycles. The van der Waals surface area contributed by atoms with Gasteiger partial charge in [0.15, 0.2) is 5.82 Å². The maximum absolute atomic E-state index is 12.0. The molecule has 0 spiro atoms. The van der Waals surface area contributed by atoms with E-state index in [2.05, 4.69) is 40.6 Å². The molecule has 29 heavy (non-hydrogen) atoms. The number of aromatic amines is 1. The zero-order chi connectivity index (χ0) is 20.4. The first-order chi connectivity index (χ1) is 13.8. The van der Waals surface area contributed by atoms with E-state index in [0.717, 1.165) is 30.4 Å². The summed E-state index contributed by atoms with van der Waals surface area (Å²) in [5, 5.41) is 14.6. The Bertz CT molecular complexity index is 1160. The average molecular weight is 397 g/mol. The van der Waals surface area contributed by atoms with Crippen LogP contribution in [0.4, 0.5) is 0 Å². The van der Waals surface area contributed by atoms with Crippen LogP contribution in [0.5, 0.6) is 0 Å². The third kappa shape index (κ3) is 2.90. The second kappa shape index (κ2) is 6.06. The molecule has 0 radical (unpaired) electrons. The number of aromatic carboxylic acids is 1. The first kappa shape index (κ1) is 18.2. The van der Waals surface area contributed by atoms with Crippen LogP contribution in [0.25, 0.3) is 10.9 Å². The highest BCUT2D eigenvalue weighted by molar-refractivity contribution is 5.95. The van der Waals surface area contributed by atoms with Gasteiger partial charge in [-0.25, -0.2) is 9.59 Å². The van der Waals surface area contributed by atoms with Crippen molar-refractivity contribution in [1.29, 1.82) is 0 Å². The van der Waals surface area contributed by atoms with Gasteiger partial charge in [-0.1, -0.05) is 11.2 Å². The summed E-state index contributed by atoms with van der Waals surface area (Å²) in [7, 11) is 0. The molecule has 2 aliphatic rings. The van der Waals surface area contributed by atoms with Crippen LogP contribution in [0.3, 0.4) is 0 Å². The Labute approximate surface area is 166 Å². The Balaban J connectivity index is 1.63. The summed E-state index contributed by atoms with van der Waals surface area (Å²) in [5.74, 6) is -0.893. The topological polar surface area (TPSA) is 110 Å². The fourth-order valence-electron chi connectivity index (χ4n) is 4.74. The number of nitrogens with one attached hydrogen (secondary N) is 1. The number of benzene rings is 1. The third-order valence-corrected chi connectivity index (χ3v) is 6.25. The Kier molecular flexibility index (Phi) is 3.80. The van der Waals surface area contributed by atoms with Crippen molar-refractivity contribution in [3.8, 4) is 0 Å². The van der Waals surface area contributed by atoms with Gasteiger partial charge in [-0.3, -0.25) is 9.51 Å². The fraction of sp³-hybridized carbons (Fsp3) is 0.476. The second-order valence-corrected chi connectivity index (χ2v) is 8.76. The van der Waals surface area contributed by atoms with E-state index in [-0.39, 0.29) is 11.3 Å². The molecule has 5 rings (SSSR count). The van der Waals surface area contributed by atoms with E-state index in [1.54, 1.807) is 10.6 Å². The first-order valence-electron chi connectivity index (χ1n) is 9.89. The van der Waals surface area contributed by atoms with Gasteiger partial charge in [0, 0.05) is 17.5 Å². The molecule has 1 saturated heterocycles. The Hall–Kier alpha value is -2.87. The van der Waals surface area contributed by atoms with Crippen molar-refractivity contribution in [2.24, 2.45) is 0 Å². The number of carbonyl (C=O) groups is 1. The van der Waals surface area contributed by atoms with E-state index in [4.69, 9.17) is 4.74 Å². The van der Waals surface area contributed by atoms with Crippen molar-refractivity contribution in [2.75, 3.05) is 6.61 Å². The molecule has 152 valence electrons. The van der Waals surface area contributed by atoms with Crippen LogP contribution in [-0.4, -0.2) is 38.0 Å². The molecule has 0 bridgehead atoms. The molecule has 3 heterocycles. The molecule has 3 aromatic rings. The van der Waals surface area contributed by atoms with Gasteiger partial charge >= 0.3 is 11.7 Å². The van der Waals surface area contributed by atoms with E-state index >= 15 is 0 Å². The van der Waals surface area contributed by atoms with Gasteiger partial charge < -0.3 is 14.4 Å². The van der Waals surface area contributed by atoms with Gasteiger partial charge in [-0.15, -0.1) is 0 Å². The maximum Gasteiger partial charge on any atom is 0.438 e. The normalized spacial score (nSPS) is 22.6.